The van der Waals surface area contributed by atoms with Gasteiger partial charge in [0.2, 0.25) is 5.91 Å². The summed E-state index contributed by atoms with van der Waals surface area (Å²) in [5.41, 5.74) is 2.23. The number of hydrogen-bond donors (Lipinski definition) is 1. The molecule has 0 aliphatic carbocycles. The number of alkyl halides is 3. The highest BCUT2D eigenvalue weighted by Gasteiger charge is 2.34. The van der Waals surface area contributed by atoms with Crippen LogP contribution in [0.4, 0.5) is 18.9 Å². The number of amides is 2. The minimum atomic E-state index is -4.71. The standard InChI is InChI=1S/C29H27BrF3N5O3/c1-17-27(35-28(40)23-15-25(29(31,32)33)34-24-8-7-21(30)14-22(23)24)18(2)38(36-17)16-20-5-3-19(4-6-20)13-26(39)37-9-11-41-12-10-37/h3-8,14-15H,9-13,16H2,1-2H3,(H,35,40). The molecule has 1 saturated heterocycles. The molecule has 214 valence electrons. The Morgan fingerprint density at radius 3 is 2.39 bits per heavy atom. The lowest BCUT2D eigenvalue weighted by atomic mass is 10.1. The van der Waals surface area contributed by atoms with Gasteiger partial charge in [-0.25, -0.2) is 4.98 Å². The zero-order valence-corrected chi connectivity index (χ0v) is 24.0. The number of carbonyl (C=O) groups excluding carboxylic acids is 2. The molecule has 12 heteroatoms. The molecular formula is C29H27BrF3N5O3. The first kappa shape index (κ1) is 28.7. The van der Waals surface area contributed by atoms with Crippen LogP contribution in [0.1, 0.15) is 38.6 Å². The van der Waals surface area contributed by atoms with E-state index in [1.807, 2.05) is 24.3 Å². The van der Waals surface area contributed by atoms with Crippen LogP contribution >= 0.6 is 15.9 Å². The van der Waals surface area contributed by atoms with Crippen molar-refractivity contribution < 1.29 is 27.5 Å². The summed E-state index contributed by atoms with van der Waals surface area (Å²) in [5.74, 6) is -0.627. The predicted octanol–water partition coefficient (Wildman–Crippen LogP) is 5.53. The van der Waals surface area contributed by atoms with Gasteiger partial charge in [-0.1, -0.05) is 40.2 Å². The van der Waals surface area contributed by atoms with E-state index < -0.39 is 17.8 Å². The van der Waals surface area contributed by atoms with Gasteiger partial charge in [0.15, 0.2) is 0 Å². The maximum atomic E-state index is 13.5. The highest BCUT2D eigenvalue weighted by molar-refractivity contribution is 9.10. The lowest BCUT2D eigenvalue weighted by Crippen LogP contribution is -2.41. The molecule has 0 bridgehead atoms. The molecular weight excluding hydrogens is 603 g/mol. The van der Waals surface area contributed by atoms with Gasteiger partial charge in [-0.15, -0.1) is 0 Å². The SMILES string of the molecule is Cc1nn(Cc2ccc(CC(=O)N3CCOCC3)cc2)c(C)c1NC(=O)c1cc(C(F)(F)F)nc2ccc(Br)cc12. The number of carbonyl (C=O) groups is 2. The Kier molecular flexibility index (Phi) is 8.14. The molecule has 1 fully saturated rings. The van der Waals surface area contributed by atoms with E-state index in [-0.39, 0.29) is 17.0 Å². The van der Waals surface area contributed by atoms with Crippen molar-refractivity contribution in [1.29, 1.82) is 0 Å². The van der Waals surface area contributed by atoms with Crippen molar-refractivity contribution in [2.24, 2.45) is 0 Å². The van der Waals surface area contributed by atoms with E-state index in [1.54, 1.807) is 35.6 Å². The normalized spacial score (nSPS) is 14.0. The molecule has 2 aromatic carbocycles. The van der Waals surface area contributed by atoms with Gasteiger partial charge in [0.1, 0.15) is 5.69 Å². The average Bonchev–Trinajstić information content (AvgIpc) is 3.20. The third kappa shape index (κ3) is 6.43. The van der Waals surface area contributed by atoms with Crippen LogP contribution in [-0.4, -0.2) is 57.8 Å². The van der Waals surface area contributed by atoms with Gasteiger partial charge in [-0.2, -0.15) is 18.3 Å². The van der Waals surface area contributed by atoms with Crippen LogP contribution in [0.3, 0.4) is 0 Å². The second-order valence-corrected chi connectivity index (χ2v) is 10.8. The van der Waals surface area contributed by atoms with Crippen LogP contribution in [-0.2, 0) is 28.7 Å². The summed E-state index contributed by atoms with van der Waals surface area (Å²) in [5, 5.41) is 7.61. The zero-order valence-electron chi connectivity index (χ0n) is 22.4. The monoisotopic (exact) mass is 629 g/mol. The molecule has 0 unspecified atom stereocenters. The van der Waals surface area contributed by atoms with Gasteiger partial charge >= 0.3 is 6.18 Å². The van der Waals surface area contributed by atoms with E-state index in [0.717, 1.165) is 17.2 Å². The van der Waals surface area contributed by atoms with Gasteiger partial charge < -0.3 is 15.0 Å². The molecule has 0 saturated carbocycles. The molecule has 1 aliphatic heterocycles. The highest BCUT2D eigenvalue weighted by Crippen LogP contribution is 2.32. The number of aryl methyl sites for hydroxylation is 1. The number of ether oxygens (including phenoxy) is 1. The molecule has 4 aromatic rings. The summed E-state index contributed by atoms with van der Waals surface area (Å²) >= 11 is 3.31. The summed E-state index contributed by atoms with van der Waals surface area (Å²) in [4.78, 5) is 31.4. The fourth-order valence-electron chi connectivity index (χ4n) is 4.78. The van der Waals surface area contributed by atoms with E-state index in [9.17, 15) is 22.8 Å². The van der Waals surface area contributed by atoms with Crippen molar-refractivity contribution in [2.75, 3.05) is 31.6 Å². The van der Waals surface area contributed by atoms with Crippen LogP contribution in [0.2, 0.25) is 0 Å². The summed E-state index contributed by atoms with van der Waals surface area (Å²) in [7, 11) is 0. The summed E-state index contributed by atoms with van der Waals surface area (Å²) in [6, 6.07) is 13.0. The molecule has 8 nitrogen and oxygen atoms in total. The van der Waals surface area contributed by atoms with E-state index >= 15 is 0 Å². The Balaban J connectivity index is 1.33. The van der Waals surface area contributed by atoms with Crippen LogP contribution in [0.5, 0.6) is 0 Å². The summed E-state index contributed by atoms with van der Waals surface area (Å²) in [6.45, 7) is 6.24. The molecule has 1 aliphatic rings. The average molecular weight is 630 g/mol. The second-order valence-electron chi connectivity index (χ2n) is 9.86. The Morgan fingerprint density at radius 1 is 1.02 bits per heavy atom. The van der Waals surface area contributed by atoms with Gasteiger partial charge in [0, 0.05) is 22.9 Å². The van der Waals surface area contributed by atoms with Crippen molar-refractivity contribution in [3.05, 3.63) is 86.8 Å². The molecule has 0 spiro atoms. The number of fused-ring (bicyclic) bond motifs is 1. The number of pyridine rings is 1. The van der Waals surface area contributed by atoms with Crippen molar-refractivity contribution in [1.82, 2.24) is 19.7 Å². The third-order valence-corrected chi connectivity index (χ3v) is 7.49. The topological polar surface area (TPSA) is 89.4 Å². The fraction of sp³-hybridized carbons (Fsp3) is 0.310. The first-order valence-electron chi connectivity index (χ1n) is 13.0. The van der Waals surface area contributed by atoms with E-state index in [0.29, 0.717) is 66.2 Å². The van der Waals surface area contributed by atoms with Crippen molar-refractivity contribution in [3.63, 3.8) is 0 Å². The first-order chi connectivity index (χ1) is 19.5. The molecule has 2 aromatic heterocycles. The third-order valence-electron chi connectivity index (χ3n) is 7.00. The molecule has 0 radical (unpaired) electrons. The van der Waals surface area contributed by atoms with Gasteiger partial charge in [-0.3, -0.25) is 14.3 Å². The second kappa shape index (κ2) is 11.6. The van der Waals surface area contributed by atoms with Crippen LogP contribution in [0.25, 0.3) is 10.9 Å². The first-order valence-corrected chi connectivity index (χ1v) is 13.7. The molecule has 3 heterocycles. The molecule has 0 atom stereocenters. The van der Waals surface area contributed by atoms with Crippen molar-refractivity contribution in [3.8, 4) is 0 Å². The number of halogens is 4. The lowest BCUT2D eigenvalue weighted by molar-refractivity contribution is -0.141. The number of morpholine rings is 1. The van der Waals surface area contributed by atoms with Crippen LogP contribution in [0, 0.1) is 13.8 Å². The largest absolute Gasteiger partial charge is 0.433 e. The Bertz CT molecular complexity index is 1610. The van der Waals surface area contributed by atoms with Crippen molar-refractivity contribution >= 4 is 44.3 Å². The summed E-state index contributed by atoms with van der Waals surface area (Å²) in [6.07, 6.45) is -4.40. The van der Waals surface area contributed by atoms with E-state index in [1.165, 1.54) is 6.07 Å². The molecule has 1 N–H and O–H groups in total. The fourth-order valence-corrected chi connectivity index (χ4v) is 5.14. The number of nitrogens with zero attached hydrogens (tertiary/aromatic N) is 4. The van der Waals surface area contributed by atoms with Gasteiger partial charge in [0.05, 0.1) is 54.3 Å². The Labute approximate surface area is 242 Å². The van der Waals surface area contributed by atoms with Gasteiger partial charge in [0.25, 0.3) is 5.91 Å². The van der Waals surface area contributed by atoms with E-state index in [2.05, 4.69) is 31.3 Å². The number of rotatable bonds is 6. The highest BCUT2D eigenvalue weighted by atomic mass is 79.9. The maximum absolute atomic E-state index is 13.5. The number of anilines is 1. The number of nitrogens with one attached hydrogen (secondary N) is 1. The zero-order chi connectivity index (χ0) is 29.3. The van der Waals surface area contributed by atoms with Crippen molar-refractivity contribution in [2.45, 2.75) is 33.0 Å². The maximum Gasteiger partial charge on any atom is 0.433 e. The lowest BCUT2D eigenvalue weighted by Gasteiger charge is -2.26. The van der Waals surface area contributed by atoms with Crippen LogP contribution in [0.15, 0.2) is 53.0 Å². The number of aromatic nitrogens is 3. The minimum Gasteiger partial charge on any atom is -0.378 e. The van der Waals surface area contributed by atoms with Gasteiger partial charge in [-0.05, 0) is 49.2 Å². The smallest absolute Gasteiger partial charge is 0.378 e. The van der Waals surface area contributed by atoms with E-state index in [4.69, 9.17) is 4.74 Å². The number of hydrogen-bond acceptors (Lipinski definition) is 5. The summed E-state index contributed by atoms with van der Waals surface area (Å²) < 4.78 is 48.2. The Hall–Kier alpha value is -3.77. The Morgan fingerprint density at radius 2 is 1.71 bits per heavy atom. The quantitative estimate of drug-likeness (QED) is 0.303. The predicted molar refractivity (Wildman–Crippen MR) is 151 cm³/mol. The number of benzene rings is 2. The minimum absolute atomic E-state index is 0.0624. The molecule has 5 rings (SSSR count). The van der Waals surface area contributed by atoms with Crippen LogP contribution < -0.4 is 5.32 Å². The molecule has 41 heavy (non-hydrogen) atoms. The molecule has 2 amide bonds.